The van der Waals surface area contributed by atoms with Crippen LogP contribution in [0, 0.1) is 0 Å². The van der Waals surface area contributed by atoms with Crippen molar-refractivity contribution in [2.75, 3.05) is 32.4 Å². The van der Waals surface area contributed by atoms with E-state index < -0.39 is 0 Å². The molecule has 5 nitrogen and oxygen atoms in total. The molecular weight excluding hydrogens is 326 g/mol. The third kappa shape index (κ3) is 4.83. The number of anilines is 1. The van der Waals surface area contributed by atoms with Crippen LogP contribution in [-0.4, -0.2) is 33.0 Å². The lowest BCUT2D eigenvalue weighted by atomic mass is 10.2. The van der Waals surface area contributed by atoms with Crippen LogP contribution < -0.4 is 19.5 Å². The van der Waals surface area contributed by atoms with Gasteiger partial charge in [0.15, 0.2) is 11.5 Å². The van der Waals surface area contributed by atoms with Crippen LogP contribution >= 0.6 is 11.8 Å². The lowest BCUT2D eigenvalue weighted by Gasteiger charge is -2.14. The summed E-state index contributed by atoms with van der Waals surface area (Å²) in [6, 6.07) is 13.4. The first-order valence-electron chi connectivity index (χ1n) is 7.45. The number of nitrogens with one attached hydrogen (secondary N) is 1. The summed E-state index contributed by atoms with van der Waals surface area (Å²) in [5.41, 5.74) is 0.610. The Labute approximate surface area is 146 Å². The van der Waals surface area contributed by atoms with E-state index >= 15 is 0 Å². The minimum atomic E-state index is -0.0623. The fourth-order valence-corrected chi connectivity index (χ4v) is 3.03. The van der Waals surface area contributed by atoms with Gasteiger partial charge in [-0.1, -0.05) is 18.2 Å². The van der Waals surface area contributed by atoms with Crippen LogP contribution in [-0.2, 0) is 4.79 Å². The molecular formula is C18H21NO4S. The second-order valence-electron chi connectivity index (χ2n) is 4.87. The largest absolute Gasteiger partial charge is 0.493 e. The standard InChI is InChI=1S/C18H21NO4S/c1-21-15-11-13(12-16(22-2)18(15)23-3)19-17(20)9-10-24-14-7-5-4-6-8-14/h4-8,11-12H,9-10H2,1-3H3,(H,19,20). The number of benzene rings is 2. The molecule has 2 aromatic rings. The van der Waals surface area contributed by atoms with Crippen molar-refractivity contribution < 1.29 is 19.0 Å². The number of amides is 1. The van der Waals surface area contributed by atoms with Crippen LogP contribution in [0.15, 0.2) is 47.4 Å². The molecule has 0 aromatic heterocycles. The van der Waals surface area contributed by atoms with Gasteiger partial charge >= 0.3 is 0 Å². The summed E-state index contributed by atoms with van der Waals surface area (Å²) < 4.78 is 15.8. The fraction of sp³-hybridized carbons (Fsp3) is 0.278. The van der Waals surface area contributed by atoms with E-state index in [2.05, 4.69) is 5.32 Å². The number of ether oxygens (including phenoxy) is 3. The van der Waals surface area contributed by atoms with Gasteiger partial charge in [0.2, 0.25) is 11.7 Å². The number of carbonyl (C=O) groups is 1. The summed E-state index contributed by atoms with van der Waals surface area (Å²) in [6.45, 7) is 0. The summed E-state index contributed by atoms with van der Waals surface area (Å²) >= 11 is 1.65. The van der Waals surface area contributed by atoms with Crippen LogP contribution in [0.1, 0.15) is 6.42 Å². The van der Waals surface area contributed by atoms with Gasteiger partial charge in [-0.15, -0.1) is 11.8 Å². The van der Waals surface area contributed by atoms with Gasteiger partial charge in [0.25, 0.3) is 0 Å². The van der Waals surface area contributed by atoms with Crippen LogP contribution in [0.2, 0.25) is 0 Å². The Morgan fingerprint density at radius 2 is 1.62 bits per heavy atom. The number of hydrogen-bond donors (Lipinski definition) is 1. The van der Waals surface area contributed by atoms with Gasteiger partial charge in [0.1, 0.15) is 0 Å². The summed E-state index contributed by atoms with van der Waals surface area (Å²) in [6.07, 6.45) is 0.413. The van der Waals surface area contributed by atoms with E-state index in [-0.39, 0.29) is 5.91 Å². The molecule has 0 unspecified atom stereocenters. The Morgan fingerprint density at radius 3 is 2.17 bits per heavy atom. The maximum Gasteiger partial charge on any atom is 0.225 e. The first-order valence-corrected chi connectivity index (χ1v) is 8.44. The zero-order chi connectivity index (χ0) is 17.4. The Morgan fingerprint density at radius 1 is 1.00 bits per heavy atom. The van der Waals surface area contributed by atoms with Crippen molar-refractivity contribution in [2.24, 2.45) is 0 Å². The summed E-state index contributed by atoms with van der Waals surface area (Å²) in [5, 5.41) is 2.86. The molecule has 24 heavy (non-hydrogen) atoms. The minimum absolute atomic E-state index is 0.0623. The molecule has 0 bridgehead atoms. The molecule has 2 rings (SSSR count). The van der Waals surface area contributed by atoms with Crippen LogP contribution in [0.4, 0.5) is 5.69 Å². The van der Waals surface area contributed by atoms with E-state index in [1.54, 1.807) is 45.2 Å². The van der Waals surface area contributed by atoms with E-state index in [4.69, 9.17) is 14.2 Å². The SMILES string of the molecule is COc1cc(NC(=O)CCSc2ccccc2)cc(OC)c1OC. The Kier molecular flexibility index (Phi) is 6.81. The predicted octanol–water partition coefficient (Wildman–Crippen LogP) is 3.83. The predicted molar refractivity (Wildman–Crippen MR) is 96.5 cm³/mol. The third-order valence-corrected chi connectivity index (χ3v) is 4.30. The smallest absolute Gasteiger partial charge is 0.225 e. The van der Waals surface area contributed by atoms with Crippen LogP contribution in [0.3, 0.4) is 0 Å². The molecule has 0 atom stereocenters. The fourth-order valence-electron chi connectivity index (χ4n) is 2.16. The summed E-state index contributed by atoms with van der Waals surface area (Å²) in [5.74, 6) is 2.15. The highest BCUT2D eigenvalue weighted by Gasteiger charge is 2.14. The Hall–Kier alpha value is -2.34. The average molecular weight is 347 g/mol. The van der Waals surface area contributed by atoms with Crippen molar-refractivity contribution in [1.82, 2.24) is 0 Å². The molecule has 0 saturated heterocycles. The van der Waals surface area contributed by atoms with E-state index in [0.29, 0.717) is 35.1 Å². The van der Waals surface area contributed by atoms with Gasteiger partial charge in [-0.25, -0.2) is 0 Å². The molecule has 0 heterocycles. The molecule has 0 aliphatic carbocycles. The van der Waals surface area contributed by atoms with Gasteiger partial charge in [-0.05, 0) is 12.1 Å². The van der Waals surface area contributed by atoms with Gasteiger partial charge in [0.05, 0.1) is 21.3 Å². The molecule has 128 valence electrons. The molecule has 0 saturated carbocycles. The monoisotopic (exact) mass is 347 g/mol. The highest BCUT2D eigenvalue weighted by atomic mass is 32.2. The minimum Gasteiger partial charge on any atom is -0.493 e. The van der Waals surface area contributed by atoms with Gasteiger partial charge in [0, 0.05) is 34.9 Å². The zero-order valence-electron chi connectivity index (χ0n) is 14.0. The van der Waals surface area contributed by atoms with Gasteiger partial charge < -0.3 is 19.5 Å². The van der Waals surface area contributed by atoms with Crippen molar-refractivity contribution in [1.29, 1.82) is 0 Å². The van der Waals surface area contributed by atoms with Crippen LogP contribution in [0.25, 0.3) is 0 Å². The Balaban J connectivity index is 1.96. The molecule has 1 amide bonds. The second-order valence-corrected chi connectivity index (χ2v) is 6.04. The highest BCUT2D eigenvalue weighted by molar-refractivity contribution is 7.99. The molecule has 0 spiro atoms. The summed E-state index contributed by atoms with van der Waals surface area (Å²) in [4.78, 5) is 13.3. The lowest BCUT2D eigenvalue weighted by Crippen LogP contribution is -2.12. The number of carbonyl (C=O) groups excluding carboxylic acids is 1. The first kappa shape index (κ1) is 18.0. The Bertz CT molecular complexity index is 651. The number of rotatable bonds is 8. The topological polar surface area (TPSA) is 56.8 Å². The molecule has 0 aliphatic rings. The van der Waals surface area contributed by atoms with E-state index in [1.807, 2.05) is 30.3 Å². The quantitative estimate of drug-likeness (QED) is 0.736. The normalized spacial score (nSPS) is 10.1. The molecule has 0 fully saturated rings. The van der Waals surface area contributed by atoms with Gasteiger partial charge in [-0.3, -0.25) is 4.79 Å². The van der Waals surface area contributed by atoms with Crippen molar-refractivity contribution >= 4 is 23.4 Å². The lowest BCUT2D eigenvalue weighted by molar-refractivity contribution is -0.115. The third-order valence-electron chi connectivity index (χ3n) is 3.29. The van der Waals surface area contributed by atoms with E-state index in [0.717, 1.165) is 4.90 Å². The first-order chi connectivity index (χ1) is 11.7. The summed E-state index contributed by atoms with van der Waals surface area (Å²) in [7, 11) is 4.62. The highest BCUT2D eigenvalue weighted by Crippen LogP contribution is 2.39. The maximum atomic E-state index is 12.1. The molecule has 0 aliphatic heterocycles. The number of methoxy groups -OCH3 is 3. The van der Waals surface area contributed by atoms with E-state index in [9.17, 15) is 4.79 Å². The molecule has 2 aromatic carbocycles. The number of thioether (sulfide) groups is 1. The number of hydrogen-bond acceptors (Lipinski definition) is 5. The van der Waals surface area contributed by atoms with Crippen molar-refractivity contribution in [3.63, 3.8) is 0 Å². The van der Waals surface area contributed by atoms with Crippen molar-refractivity contribution in [2.45, 2.75) is 11.3 Å². The maximum absolute atomic E-state index is 12.1. The zero-order valence-corrected chi connectivity index (χ0v) is 14.8. The van der Waals surface area contributed by atoms with Crippen molar-refractivity contribution in [3.8, 4) is 17.2 Å². The molecule has 6 heteroatoms. The average Bonchev–Trinajstić information content (AvgIpc) is 2.61. The van der Waals surface area contributed by atoms with Crippen molar-refractivity contribution in [3.05, 3.63) is 42.5 Å². The van der Waals surface area contributed by atoms with E-state index in [1.165, 1.54) is 0 Å². The molecule has 1 N–H and O–H groups in total. The second kappa shape index (κ2) is 9.08. The van der Waals surface area contributed by atoms with Gasteiger partial charge in [-0.2, -0.15) is 0 Å². The van der Waals surface area contributed by atoms with Crippen LogP contribution in [0.5, 0.6) is 17.2 Å². The molecule has 0 radical (unpaired) electrons.